The lowest BCUT2D eigenvalue weighted by atomic mass is 9.97. The molecule has 0 radical (unpaired) electrons. The van der Waals surface area contributed by atoms with E-state index in [0.29, 0.717) is 17.5 Å². The Morgan fingerprint density at radius 1 is 0.649 bits per heavy atom. The van der Waals surface area contributed by atoms with Crippen LogP contribution in [0.15, 0.2) is 128 Å². The second kappa shape index (κ2) is 9.79. The molecule has 6 aromatic rings. The standard InChI is InChI=1S/C31H22N6/c1-2-10-27(26-17-18-28-34-31(36-37(28)20-26)23-13-7-4-8-14-23)24-15-9-16-25(19-24)30-33-21-32-29(35-30)22-11-5-3-6-12-22/h2-21H,1H2/b27-10-. The molecule has 0 aliphatic heterocycles. The van der Waals surface area contributed by atoms with Gasteiger partial charge in [0.2, 0.25) is 0 Å². The van der Waals surface area contributed by atoms with Crippen molar-refractivity contribution < 1.29 is 0 Å². The van der Waals surface area contributed by atoms with Crippen LogP contribution in [0.2, 0.25) is 0 Å². The van der Waals surface area contributed by atoms with Gasteiger partial charge in [-0.15, -0.1) is 5.10 Å². The van der Waals surface area contributed by atoms with Crippen LogP contribution in [-0.2, 0) is 0 Å². The molecule has 0 unspecified atom stereocenters. The highest BCUT2D eigenvalue weighted by molar-refractivity contribution is 5.82. The Morgan fingerprint density at radius 3 is 2.05 bits per heavy atom. The van der Waals surface area contributed by atoms with Crippen molar-refractivity contribution >= 4 is 11.2 Å². The zero-order chi connectivity index (χ0) is 25.0. The summed E-state index contributed by atoms with van der Waals surface area (Å²) >= 11 is 0. The molecule has 37 heavy (non-hydrogen) atoms. The summed E-state index contributed by atoms with van der Waals surface area (Å²) in [7, 11) is 0. The van der Waals surface area contributed by atoms with E-state index in [2.05, 4.69) is 39.7 Å². The maximum atomic E-state index is 4.72. The van der Waals surface area contributed by atoms with Crippen LogP contribution in [0.5, 0.6) is 0 Å². The highest BCUT2D eigenvalue weighted by atomic mass is 15.3. The summed E-state index contributed by atoms with van der Waals surface area (Å²) in [6.07, 6.45) is 7.34. The minimum Gasteiger partial charge on any atom is -0.220 e. The normalized spacial score (nSPS) is 11.5. The predicted molar refractivity (Wildman–Crippen MR) is 146 cm³/mol. The van der Waals surface area contributed by atoms with Crippen molar-refractivity contribution in [3.63, 3.8) is 0 Å². The molecule has 0 fully saturated rings. The number of allylic oxidation sites excluding steroid dienone is 2. The quantitative estimate of drug-likeness (QED) is 0.255. The van der Waals surface area contributed by atoms with Crippen LogP contribution in [0.25, 0.3) is 45.4 Å². The number of fused-ring (bicyclic) bond motifs is 1. The Labute approximate surface area is 214 Å². The number of hydrogen-bond acceptors (Lipinski definition) is 5. The molecule has 0 spiro atoms. The monoisotopic (exact) mass is 478 g/mol. The van der Waals surface area contributed by atoms with Gasteiger partial charge in [-0.2, -0.15) is 0 Å². The van der Waals surface area contributed by atoms with Crippen LogP contribution in [0.1, 0.15) is 11.1 Å². The minimum atomic E-state index is 0.618. The Hall–Kier alpha value is -5.23. The van der Waals surface area contributed by atoms with Gasteiger partial charge in [-0.25, -0.2) is 24.5 Å². The Morgan fingerprint density at radius 2 is 1.32 bits per heavy atom. The van der Waals surface area contributed by atoms with Gasteiger partial charge in [-0.05, 0) is 29.3 Å². The maximum Gasteiger partial charge on any atom is 0.182 e. The molecular weight excluding hydrogens is 456 g/mol. The molecule has 0 atom stereocenters. The molecule has 0 bridgehead atoms. The van der Waals surface area contributed by atoms with Gasteiger partial charge in [0, 0.05) is 28.5 Å². The summed E-state index contributed by atoms with van der Waals surface area (Å²) in [5.41, 5.74) is 6.64. The van der Waals surface area contributed by atoms with Gasteiger partial charge >= 0.3 is 0 Å². The van der Waals surface area contributed by atoms with E-state index in [0.717, 1.165) is 39.0 Å². The summed E-state index contributed by atoms with van der Waals surface area (Å²) in [5, 5.41) is 4.71. The fourth-order valence-electron chi connectivity index (χ4n) is 4.22. The lowest BCUT2D eigenvalue weighted by Crippen LogP contribution is -1.97. The van der Waals surface area contributed by atoms with Crippen LogP contribution in [-0.4, -0.2) is 29.5 Å². The number of aromatic nitrogens is 6. The van der Waals surface area contributed by atoms with Crippen LogP contribution < -0.4 is 0 Å². The molecule has 0 saturated heterocycles. The van der Waals surface area contributed by atoms with E-state index >= 15 is 0 Å². The predicted octanol–water partition coefficient (Wildman–Crippen LogP) is 6.53. The maximum absolute atomic E-state index is 4.72. The van der Waals surface area contributed by atoms with Crippen LogP contribution in [0.4, 0.5) is 0 Å². The van der Waals surface area contributed by atoms with Gasteiger partial charge in [0.1, 0.15) is 6.33 Å². The van der Waals surface area contributed by atoms with Crippen molar-refractivity contribution in [2.75, 3.05) is 0 Å². The van der Waals surface area contributed by atoms with E-state index in [1.54, 1.807) is 12.4 Å². The zero-order valence-corrected chi connectivity index (χ0v) is 19.9. The molecule has 0 saturated carbocycles. The lowest BCUT2D eigenvalue weighted by molar-refractivity contribution is 0.962. The molecule has 0 aliphatic rings. The average molecular weight is 479 g/mol. The molecule has 3 aromatic heterocycles. The molecule has 0 aliphatic carbocycles. The lowest BCUT2D eigenvalue weighted by Gasteiger charge is -2.10. The average Bonchev–Trinajstić information content (AvgIpc) is 3.41. The summed E-state index contributed by atoms with van der Waals surface area (Å²) in [4.78, 5) is 18.2. The number of benzene rings is 3. The van der Waals surface area contributed by atoms with Crippen LogP contribution in [0, 0.1) is 0 Å². The molecule has 6 rings (SSSR count). The van der Waals surface area contributed by atoms with E-state index in [-0.39, 0.29) is 0 Å². The third-order valence-corrected chi connectivity index (χ3v) is 5.99. The van der Waals surface area contributed by atoms with Crippen molar-refractivity contribution in [2.24, 2.45) is 0 Å². The summed E-state index contributed by atoms with van der Waals surface area (Å²) < 4.78 is 1.82. The third kappa shape index (κ3) is 4.56. The third-order valence-electron chi connectivity index (χ3n) is 5.99. The number of pyridine rings is 1. The van der Waals surface area contributed by atoms with Crippen molar-refractivity contribution in [1.82, 2.24) is 29.5 Å². The van der Waals surface area contributed by atoms with E-state index < -0.39 is 0 Å². The molecule has 3 aromatic carbocycles. The molecule has 6 heteroatoms. The van der Waals surface area contributed by atoms with Gasteiger partial charge in [0.25, 0.3) is 0 Å². The van der Waals surface area contributed by atoms with E-state index in [1.165, 1.54) is 0 Å². The van der Waals surface area contributed by atoms with E-state index in [4.69, 9.17) is 10.1 Å². The highest BCUT2D eigenvalue weighted by Crippen LogP contribution is 2.28. The Kier molecular flexibility index (Phi) is 5.89. The molecule has 0 amide bonds. The fourth-order valence-corrected chi connectivity index (χ4v) is 4.22. The van der Waals surface area contributed by atoms with Crippen LogP contribution in [0.3, 0.4) is 0 Å². The summed E-state index contributed by atoms with van der Waals surface area (Å²) in [5.74, 6) is 1.95. The minimum absolute atomic E-state index is 0.618. The van der Waals surface area contributed by atoms with Crippen molar-refractivity contribution in [2.45, 2.75) is 0 Å². The summed E-state index contributed by atoms with van der Waals surface area (Å²) in [6, 6.07) is 32.1. The highest BCUT2D eigenvalue weighted by Gasteiger charge is 2.12. The largest absolute Gasteiger partial charge is 0.220 e. The zero-order valence-electron chi connectivity index (χ0n) is 19.9. The molecular formula is C31H22N6. The fraction of sp³-hybridized carbons (Fsp3) is 0. The number of rotatable bonds is 6. The molecule has 176 valence electrons. The van der Waals surface area contributed by atoms with Crippen molar-refractivity contribution in [3.05, 3.63) is 139 Å². The van der Waals surface area contributed by atoms with Gasteiger partial charge < -0.3 is 0 Å². The molecule has 6 nitrogen and oxygen atoms in total. The first-order chi connectivity index (χ1) is 18.3. The SMILES string of the molecule is C=C/C=C(/c1cccc(-c2ncnc(-c3ccccc3)n2)c1)c1ccc2nc(-c3ccccc3)nn2c1. The topological polar surface area (TPSA) is 68.9 Å². The van der Waals surface area contributed by atoms with Gasteiger partial charge in [-0.3, -0.25) is 0 Å². The van der Waals surface area contributed by atoms with Crippen molar-refractivity contribution in [3.8, 4) is 34.2 Å². The first kappa shape index (κ1) is 22.2. The summed E-state index contributed by atoms with van der Waals surface area (Å²) in [6.45, 7) is 3.94. The molecule has 0 N–H and O–H groups in total. The first-order valence-electron chi connectivity index (χ1n) is 11.9. The van der Waals surface area contributed by atoms with E-state index in [9.17, 15) is 0 Å². The van der Waals surface area contributed by atoms with Gasteiger partial charge in [-0.1, -0.05) is 97.6 Å². The second-order valence-electron chi connectivity index (χ2n) is 8.42. The van der Waals surface area contributed by atoms with Crippen LogP contribution >= 0.6 is 0 Å². The molecule has 3 heterocycles. The Balaban J connectivity index is 1.38. The Bertz CT molecular complexity index is 1740. The van der Waals surface area contributed by atoms with Gasteiger partial charge in [0.05, 0.1) is 0 Å². The van der Waals surface area contributed by atoms with E-state index in [1.807, 2.05) is 95.7 Å². The number of hydrogen-bond donors (Lipinski definition) is 0. The number of nitrogens with zero attached hydrogens (tertiary/aromatic N) is 6. The van der Waals surface area contributed by atoms with Gasteiger partial charge in [0.15, 0.2) is 23.1 Å². The smallest absolute Gasteiger partial charge is 0.182 e. The first-order valence-corrected chi connectivity index (χ1v) is 11.9. The van der Waals surface area contributed by atoms with Crippen molar-refractivity contribution in [1.29, 1.82) is 0 Å². The second-order valence-corrected chi connectivity index (χ2v) is 8.42.